The highest BCUT2D eigenvalue weighted by Crippen LogP contribution is 2.66. The molecule has 0 unspecified atom stereocenters. The molecule has 16 aliphatic carbocycles. The van der Waals surface area contributed by atoms with Gasteiger partial charge >= 0.3 is 0 Å². The molecule has 6 bridgehead atoms. The fourth-order valence-electron chi connectivity index (χ4n) is 25.7. The number of rotatable bonds is 42. The Morgan fingerprint density at radius 3 is 0.348 bits per heavy atom. The first-order valence-electron chi connectivity index (χ1n) is 54.8. The lowest BCUT2D eigenvalue weighted by Crippen LogP contribution is -2.49. The molecule has 0 amide bonds. The minimum atomic E-state index is -0.891. The van der Waals surface area contributed by atoms with Crippen LogP contribution in [0.3, 0.4) is 0 Å². The molecule has 0 atom stereocenters. The fourth-order valence-corrected chi connectivity index (χ4v) is 25.7. The van der Waals surface area contributed by atoms with E-state index in [9.17, 15) is 0 Å². The maximum Gasteiger partial charge on any atom is 0.108 e. The zero-order valence-corrected chi connectivity index (χ0v) is 83.9. The molecule has 0 radical (unpaired) electrons. The summed E-state index contributed by atoms with van der Waals surface area (Å²) in [6, 6.07) is 99.3. The summed E-state index contributed by atoms with van der Waals surface area (Å²) in [5.74, 6) is 52.1. The third-order valence-corrected chi connectivity index (χ3v) is 32.7. The summed E-state index contributed by atoms with van der Waals surface area (Å²) in [5.41, 5.74) is 30.6. The summed E-state index contributed by atoms with van der Waals surface area (Å²) in [6.45, 7) is 14.0. The number of benzene rings is 12. The second-order valence-electron chi connectivity index (χ2n) is 41.5. The molecule has 0 N–H and O–H groups in total. The monoisotopic (exact) mass is 1800 g/mol. The van der Waals surface area contributed by atoms with E-state index in [1.807, 2.05) is 0 Å². The molecule has 0 nitrogen and oxygen atoms in total. The Kier molecular flexibility index (Phi) is 30.0. The molecule has 12 aromatic carbocycles. The molecule has 12 aromatic rings. The van der Waals surface area contributed by atoms with E-state index in [2.05, 4.69) is 367 Å². The van der Waals surface area contributed by atoms with Crippen LogP contribution in [0.4, 0.5) is 0 Å². The van der Waals surface area contributed by atoms with Crippen LogP contribution in [0.15, 0.2) is 255 Å². The van der Waals surface area contributed by atoms with E-state index < -0.39 is 32.5 Å². The largest absolute Gasteiger partial charge is 0.108 e. The smallest absolute Gasteiger partial charge is 0.0764 e. The van der Waals surface area contributed by atoms with Crippen LogP contribution in [0.25, 0.3) is 0 Å². The number of hydrogen-bond donors (Lipinski definition) is 0. The summed E-state index contributed by atoms with van der Waals surface area (Å²) in [5, 5.41) is 0. The molecule has 696 valence electrons. The molecule has 0 aromatic heterocycles. The van der Waals surface area contributed by atoms with Crippen molar-refractivity contribution < 1.29 is 0 Å². The summed E-state index contributed by atoms with van der Waals surface area (Å²) in [7, 11) is 0. The fraction of sp³-hybridized carbons (Fsp3) is 0.391. The summed E-state index contributed by atoms with van der Waals surface area (Å²) in [4.78, 5) is 0. The molecule has 28 rings (SSSR count). The van der Waals surface area contributed by atoms with Crippen LogP contribution >= 0.6 is 0 Å². The van der Waals surface area contributed by atoms with Gasteiger partial charge in [0.05, 0.1) is 0 Å². The minimum Gasteiger partial charge on any atom is -0.0764 e. The first-order valence-corrected chi connectivity index (χ1v) is 54.8. The van der Waals surface area contributed by atoms with Crippen molar-refractivity contribution in [2.24, 2.45) is 0 Å². The van der Waals surface area contributed by atoms with Crippen LogP contribution in [0.2, 0.25) is 0 Å². The summed E-state index contributed by atoms with van der Waals surface area (Å²) >= 11 is 0. The molecule has 0 saturated carbocycles. The van der Waals surface area contributed by atoms with Gasteiger partial charge in [0.25, 0.3) is 0 Å². The van der Waals surface area contributed by atoms with E-state index in [1.54, 1.807) is 0 Å². The second kappa shape index (κ2) is 43.6. The van der Waals surface area contributed by atoms with Gasteiger partial charge in [-0.1, -0.05) is 524 Å². The van der Waals surface area contributed by atoms with E-state index in [1.165, 1.54) is 326 Å². The average molecular weight is 1800 g/mol. The van der Waals surface area contributed by atoms with Crippen molar-refractivity contribution in [3.05, 3.63) is 422 Å². The lowest BCUT2D eigenvalue weighted by Gasteiger charge is -2.52. The maximum absolute atomic E-state index is 4.41. The topological polar surface area (TPSA) is 0 Å². The highest BCUT2D eigenvalue weighted by atomic mass is 14.6. The quantitative estimate of drug-likeness (QED) is 0.0264. The lowest BCUT2D eigenvalue weighted by molar-refractivity contribution is 0.599. The molecule has 0 spiro atoms. The van der Waals surface area contributed by atoms with Gasteiger partial charge in [-0.15, -0.1) is 0 Å². The third-order valence-electron chi connectivity index (χ3n) is 32.7. The van der Waals surface area contributed by atoms with Gasteiger partial charge in [0.2, 0.25) is 0 Å². The van der Waals surface area contributed by atoms with Crippen molar-refractivity contribution in [3.63, 3.8) is 0 Å². The summed E-state index contributed by atoms with van der Waals surface area (Å²) < 4.78 is 0. The van der Waals surface area contributed by atoms with Gasteiger partial charge in [0.1, 0.15) is 32.5 Å². The van der Waals surface area contributed by atoms with Gasteiger partial charge in [0, 0.05) is 33.4 Å². The molecule has 16 aliphatic rings. The van der Waals surface area contributed by atoms with E-state index in [-0.39, 0.29) is 0 Å². The molecule has 0 heterocycles. The predicted molar refractivity (Wildman–Crippen MR) is 580 cm³/mol. The van der Waals surface area contributed by atoms with Crippen molar-refractivity contribution in [2.45, 2.75) is 344 Å². The lowest BCUT2D eigenvalue weighted by atomic mass is 9.47. The van der Waals surface area contributed by atoms with Crippen LogP contribution < -0.4 is 0 Å². The zero-order valence-electron chi connectivity index (χ0n) is 83.9. The molecule has 0 fully saturated rings. The number of aryl methyl sites for hydroxylation is 6. The Balaban J connectivity index is 0.904. The Bertz CT molecular complexity index is 5430. The van der Waals surface area contributed by atoms with Gasteiger partial charge in [-0.05, 0) is 247 Å². The van der Waals surface area contributed by atoms with Crippen molar-refractivity contribution in [1.29, 1.82) is 0 Å². The van der Waals surface area contributed by atoms with E-state index in [0.29, 0.717) is 0 Å². The SMILES string of the molecule is CCCCCCCCc1cc2c(cc1CCCCCCCC)C#CC13c4ccccc4C(C#Cc4cc(CCCCCCCC)c(CCCCCCCC)cc4C#CC45c6ccccc6C(C#Cc6cc(CCCCCCCC)c(CCCCCCCC)cc6C#CC67c8ccccc8C(C#C2)(c2ccccc26)c2ccccc27)(c2ccccc24)c2ccccc25)(c2ccccc21)c1ccccc13. The summed E-state index contributed by atoms with van der Waals surface area (Å²) in [6.07, 6.45) is 50.5. The van der Waals surface area contributed by atoms with Crippen LogP contribution in [-0.2, 0) is 71.0 Å². The van der Waals surface area contributed by atoms with Crippen molar-refractivity contribution in [2.75, 3.05) is 0 Å². The highest BCUT2D eigenvalue weighted by molar-refractivity contribution is 5.87. The van der Waals surface area contributed by atoms with Gasteiger partial charge < -0.3 is 0 Å². The number of unbranched alkanes of at least 4 members (excludes halogenated alkanes) is 30. The second-order valence-corrected chi connectivity index (χ2v) is 41.5. The molecule has 0 heteroatoms. The van der Waals surface area contributed by atoms with Crippen LogP contribution in [0.1, 0.15) is 440 Å². The molecule has 0 saturated heterocycles. The van der Waals surface area contributed by atoms with Gasteiger partial charge in [-0.2, -0.15) is 0 Å². The van der Waals surface area contributed by atoms with Gasteiger partial charge in [0.15, 0.2) is 0 Å². The zero-order chi connectivity index (χ0) is 94.2. The van der Waals surface area contributed by atoms with Gasteiger partial charge in [-0.3, -0.25) is 0 Å². The molecular formula is C138H144. The standard InChI is InChI=1S/C138H144/c1-7-13-19-25-31-37-61-103-97-109-85-91-133-115-67-43-46-70-118(115)135(119-71-47-44-68-116(119)133,120-72-48-45-69-117(120)133)93-87-111-99-105(63-39-33-27-21-15-9-3)107(65-41-35-29-23-17-11-5)101-113(111)89-95-137-127-79-55-58-82-130(127)138(131-83-59-56-80-128(131)137,132-84-60-57-81-129(132)137)96-90-114-102-108(66-42-36-30-24-18-12-6)106(64-40-34-28-22-16-10-4)100-112(114)88-94-136-124-76-52-49-73-121(124)134(122-74-50-53-77-125(122)136,123-75-51-54-78-126(123)136)92-86-110(109)98-104(103)62-38-32-26-20-14-8-2/h43-60,67-84,97-102H,7-42,61-66H2,1-6H3. The molecular weight excluding hydrogens is 1660 g/mol. The van der Waals surface area contributed by atoms with Crippen LogP contribution in [0.5, 0.6) is 0 Å². The van der Waals surface area contributed by atoms with Crippen LogP contribution in [0, 0.1) is 71.0 Å². The Hall–Kier alpha value is -12.0. The highest BCUT2D eigenvalue weighted by Gasteiger charge is 2.61. The Labute approximate surface area is 830 Å². The first-order chi connectivity index (χ1) is 68.2. The van der Waals surface area contributed by atoms with Crippen molar-refractivity contribution >= 4 is 0 Å². The van der Waals surface area contributed by atoms with Crippen molar-refractivity contribution in [1.82, 2.24) is 0 Å². The molecule has 0 aliphatic heterocycles. The van der Waals surface area contributed by atoms with E-state index in [0.717, 1.165) is 110 Å². The Morgan fingerprint density at radius 1 is 0.138 bits per heavy atom. The normalized spacial score (nSPS) is 19.2. The maximum atomic E-state index is 4.41. The number of hydrogen-bond acceptors (Lipinski definition) is 0. The minimum absolute atomic E-state index is 0.891. The van der Waals surface area contributed by atoms with E-state index in [4.69, 9.17) is 0 Å². The van der Waals surface area contributed by atoms with Crippen LogP contribution in [-0.4, -0.2) is 0 Å². The van der Waals surface area contributed by atoms with Crippen molar-refractivity contribution in [3.8, 4) is 71.0 Å². The average Bonchev–Trinajstić information content (AvgIpc) is 0.668. The molecule has 138 heavy (non-hydrogen) atoms. The first kappa shape index (κ1) is 94.9. The third kappa shape index (κ3) is 17.5. The predicted octanol–water partition coefficient (Wildman–Crippen LogP) is 33.6. The van der Waals surface area contributed by atoms with Gasteiger partial charge in [-0.25, -0.2) is 0 Å². The van der Waals surface area contributed by atoms with E-state index >= 15 is 0 Å². The Morgan fingerprint density at radius 2 is 0.239 bits per heavy atom.